The second-order valence-corrected chi connectivity index (χ2v) is 6.33. The number of esters is 1. The number of carbonyl (C=O) groups is 4. The number of ether oxygens (including phenoxy) is 1. The average molecular weight is 396 g/mol. The molecule has 1 aromatic heterocycles. The number of ketones is 1. The molecule has 9 nitrogen and oxygen atoms in total. The van der Waals surface area contributed by atoms with Crippen molar-refractivity contribution in [1.29, 1.82) is 0 Å². The molecule has 29 heavy (non-hydrogen) atoms. The zero-order chi connectivity index (χ0) is 21.0. The van der Waals surface area contributed by atoms with Gasteiger partial charge < -0.3 is 26.1 Å². The van der Waals surface area contributed by atoms with Crippen molar-refractivity contribution >= 4 is 46.7 Å². The molecule has 0 saturated heterocycles. The molecule has 5 N–H and O–H groups in total. The Bertz CT molecular complexity index is 1020. The number of H-pyrrole nitrogens is 1. The molecule has 1 aromatic carbocycles. The Kier molecular flexibility index (Phi) is 5.77. The van der Waals surface area contributed by atoms with Crippen LogP contribution in [0.1, 0.15) is 41.4 Å². The zero-order valence-electron chi connectivity index (χ0n) is 15.7. The van der Waals surface area contributed by atoms with Crippen LogP contribution in [0.25, 0.3) is 11.6 Å². The Morgan fingerprint density at radius 2 is 2.00 bits per heavy atom. The van der Waals surface area contributed by atoms with Gasteiger partial charge in [0.15, 0.2) is 5.78 Å². The number of aromatic nitrogens is 1. The van der Waals surface area contributed by atoms with Gasteiger partial charge in [0.05, 0.1) is 18.6 Å². The highest BCUT2D eigenvalue weighted by molar-refractivity contribution is 6.35. The molecule has 0 aliphatic carbocycles. The summed E-state index contributed by atoms with van der Waals surface area (Å²) in [6, 6.07) is 5.83. The minimum absolute atomic E-state index is 0.0136. The van der Waals surface area contributed by atoms with Gasteiger partial charge in [-0.25, -0.2) is 4.79 Å². The first-order chi connectivity index (χ1) is 13.9. The fourth-order valence-electron chi connectivity index (χ4n) is 2.96. The molecule has 0 atom stereocenters. The van der Waals surface area contributed by atoms with Crippen molar-refractivity contribution in [3.63, 3.8) is 0 Å². The van der Waals surface area contributed by atoms with E-state index < -0.39 is 12.0 Å². The summed E-state index contributed by atoms with van der Waals surface area (Å²) in [6.45, 7) is 1.98. The number of hydrogen-bond acceptors (Lipinski definition) is 5. The molecule has 3 rings (SSSR count). The molecule has 0 radical (unpaired) electrons. The molecule has 0 unspecified atom stereocenters. The third kappa shape index (κ3) is 4.70. The molecule has 0 saturated carbocycles. The maximum atomic E-state index is 12.3. The van der Waals surface area contributed by atoms with E-state index in [0.717, 1.165) is 0 Å². The second-order valence-electron chi connectivity index (χ2n) is 6.33. The number of rotatable bonds is 7. The van der Waals surface area contributed by atoms with E-state index in [2.05, 4.69) is 15.6 Å². The Morgan fingerprint density at radius 3 is 2.72 bits per heavy atom. The van der Waals surface area contributed by atoms with Gasteiger partial charge >= 0.3 is 12.0 Å². The number of nitrogens with one attached hydrogen (secondary N) is 3. The summed E-state index contributed by atoms with van der Waals surface area (Å²) in [5.41, 5.74) is 8.13. The standard InChI is InChI=1S/C20H20N4O5/c1-2-29-18(26)6-5-17(25)11-7-13(22-10-11)9-15-14-8-12(23-20(21)28)3-4-16(14)24-19(15)27/h3-4,7-10,22H,2,5-6H2,1H3,(H,24,27)(H3,21,23,28). The SMILES string of the molecule is CCOC(=O)CCC(=O)c1c[nH]c(C=C2C(=O)Nc3ccc(NC(N)=O)cc32)c1. The largest absolute Gasteiger partial charge is 0.466 e. The molecule has 0 fully saturated rings. The van der Waals surface area contributed by atoms with Crippen LogP contribution in [0.3, 0.4) is 0 Å². The zero-order valence-corrected chi connectivity index (χ0v) is 15.7. The molecule has 9 heteroatoms. The third-order valence-electron chi connectivity index (χ3n) is 4.26. The van der Waals surface area contributed by atoms with E-state index in [0.29, 0.717) is 33.8 Å². The van der Waals surface area contributed by atoms with Gasteiger partial charge in [-0.2, -0.15) is 0 Å². The van der Waals surface area contributed by atoms with Crippen LogP contribution in [-0.4, -0.2) is 35.3 Å². The first-order valence-electron chi connectivity index (χ1n) is 8.98. The fraction of sp³-hybridized carbons (Fsp3) is 0.200. The summed E-state index contributed by atoms with van der Waals surface area (Å²) in [4.78, 5) is 49.9. The van der Waals surface area contributed by atoms with E-state index in [1.54, 1.807) is 37.3 Å². The Balaban J connectivity index is 1.78. The number of benzene rings is 1. The van der Waals surface area contributed by atoms with Gasteiger partial charge in [-0.1, -0.05) is 0 Å². The fourth-order valence-corrected chi connectivity index (χ4v) is 2.96. The van der Waals surface area contributed by atoms with Crippen molar-refractivity contribution in [1.82, 2.24) is 4.98 Å². The lowest BCUT2D eigenvalue weighted by Gasteiger charge is -2.04. The molecule has 0 spiro atoms. The predicted molar refractivity (Wildman–Crippen MR) is 107 cm³/mol. The number of aromatic amines is 1. The Hall–Kier alpha value is -3.88. The van der Waals surface area contributed by atoms with Crippen LogP contribution in [-0.2, 0) is 14.3 Å². The van der Waals surface area contributed by atoms with E-state index in [1.807, 2.05) is 0 Å². The average Bonchev–Trinajstić information content (AvgIpc) is 3.25. The molecule has 1 aliphatic rings. The summed E-state index contributed by atoms with van der Waals surface area (Å²) in [6.07, 6.45) is 3.19. The maximum Gasteiger partial charge on any atom is 0.316 e. The van der Waals surface area contributed by atoms with E-state index in [4.69, 9.17) is 10.5 Å². The lowest BCUT2D eigenvalue weighted by atomic mass is 10.0. The van der Waals surface area contributed by atoms with Crippen LogP contribution >= 0.6 is 0 Å². The van der Waals surface area contributed by atoms with Crippen LogP contribution in [0.4, 0.5) is 16.2 Å². The van der Waals surface area contributed by atoms with Gasteiger partial charge in [0.25, 0.3) is 5.91 Å². The number of amides is 3. The van der Waals surface area contributed by atoms with Crippen molar-refractivity contribution in [2.24, 2.45) is 5.73 Å². The summed E-state index contributed by atoms with van der Waals surface area (Å²) < 4.78 is 4.81. The summed E-state index contributed by atoms with van der Waals surface area (Å²) in [5, 5.41) is 5.21. The lowest BCUT2D eigenvalue weighted by molar-refractivity contribution is -0.143. The van der Waals surface area contributed by atoms with E-state index in [9.17, 15) is 19.2 Å². The highest BCUT2D eigenvalue weighted by Gasteiger charge is 2.25. The Labute approximate surface area is 166 Å². The van der Waals surface area contributed by atoms with Crippen LogP contribution in [0.5, 0.6) is 0 Å². The summed E-state index contributed by atoms with van der Waals surface area (Å²) in [5.74, 6) is -0.928. The van der Waals surface area contributed by atoms with Crippen LogP contribution in [0.2, 0.25) is 0 Å². The van der Waals surface area contributed by atoms with Gasteiger partial charge in [-0.05, 0) is 37.3 Å². The molecule has 0 bridgehead atoms. The van der Waals surface area contributed by atoms with Crippen LogP contribution in [0.15, 0.2) is 30.5 Å². The first-order valence-corrected chi connectivity index (χ1v) is 8.98. The lowest BCUT2D eigenvalue weighted by Crippen LogP contribution is -2.19. The minimum Gasteiger partial charge on any atom is -0.466 e. The highest BCUT2D eigenvalue weighted by atomic mass is 16.5. The number of urea groups is 1. The minimum atomic E-state index is -0.705. The molecular formula is C20H20N4O5. The third-order valence-corrected chi connectivity index (χ3v) is 4.26. The number of anilines is 2. The number of hydrogen-bond donors (Lipinski definition) is 4. The Morgan fingerprint density at radius 1 is 1.21 bits per heavy atom. The van der Waals surface area contributed by atoms with E-state index in [-0.39, 0.29) is 31.1 Å². The highest BCUT2D eigenvalue weighted by Crippen LogP contribution is 2.35. The molecule has 150 valence electrons. The number of fused-ring (bicyclic) bond motifs is 1. The van der Waals surface area contributed by atoms with Gasteiger partial charge in [-0.15, -0.1) is 0 Å². The number of nitrogens with two attached hydrogens (primary N) is 1. The van der Waals surface area contributed by atoms with Gasteiger partial charge in [0, 0.05) is 40.8 Å². The van der Waals surface area contributed by atoms with E-state index in [1.165, 1.54) is 6.20 Å². The summed E-state index contributed by atoms with van der Waals surface area (Å²) >= 11 is 0. The topological polar surface area (TPSA) is 143 Å². The quantitative estimate of drug-likeness (QED) is 0.323. The van der Waals surface area contributed by atoms with Crippen molar-refractivity contribution in [2.45, 2.75) is 19.8 Å². The number of carbonyl (C=O) groups excluding carboxylic acids is 4. The van der Waals surface area contributed by atoms with E-state index >= 15 is 0 Å². The molecule has 3 amide bonds. The number of Topliss-reactive ketones (excluding diaryl/α,β-unsaturated/α-hetero) is 1. The van der Waals surface area contributed by atoms with Crippen molar-refractivity contribution < 1.29 is 23.9 Å². The monoisotopic (exact) mass is 396 g/mol. The van der Waals surface area contributed by atoms with Crippen molar-refractivity contribution in [3.05, 3.63) is 47.3 Å². The second kappa shape index (κ2) is 8.42. The summed E-state index contributed by atoms with van der Waals surface area (Å²) in [7, 11) is 0. The van der Waals surface area contributed by atoms with Gasteiger partial charge in [0.2, 0.25) is 0 Å². The molecule has 2 heterocycles. The predicted octanol–water partition coefficient (Wildman–Crippen LogP) is 2.52. The normalized spacial score (nSPS) is 13.7. The maximum absolute atomic E-state index is 12.3. The van der Waals surface area contributed by atoms with Gasteiger partial charge in [0.1, 0.15) is 0 Å². The van der Waals surface area contributed by atoms with Crippen molar-refractivity contribution in [2.75, 3.05) is 17.2 Å². The number of primary amides is 1. The molecular weight excluding hydrogens is 376 g/mol. The first kappa shape index (κ1) is 19.9. The molecule has 1 aliphatic heterocycles. The van der Waals surface area contributed by atoms with Gasteiger partial charge in [-0.3, -0.25) is 14.4 Å². The molecule has 2 aromatic rings. The smallest absolute Gasteiger partial charge is 0.316 e. The van der Waals surface area contributed by atoms with Crippen LogP contribution < -0.4 is 16.4 Å². The van der Waals surface area contributed by atoms with Crippen molar-refractivity contribution in [3.8, 4) is 0 Å². The van der Waals surface area contributed by atoms with Crippen LogP contribution in [0, 0.1) is 0 Å².